The smallest absolute Gasteiger partial charge is 0.416 e. The number of carbonyl (C=O) groups is 2. The maximum Gasteiger partial charge on any atom is 0.416 e. The first kappa shape index (κ1) is 17.0. The van der Waals surface area contributed by atoms with Crippen molar-refractivity contribution in [1.82, 2.24) is 4.90 Å². The Balaban J connectivity index is 2.98. The number of carboxylic acids is 1. The second-order valence-corrected chi connectivity index (χ2v) is 4.70. The molecule has 0 spiro atoms. The fraction of sp³-hybridized carbons (Fsp3) is 0.385. The van der Waals surface area contributed by atoms with Crippen LogP contribution in [-0.4, -0.2) is 42.5 Å². The molecule has 0 unspecified atom stereocenters. The topological polar surface area (TPSA) is 69.6 Å². The zero-order valence-corrected chi connectivity index (χ0v) is 11.5. The van der Waals surface area contributed by atoms with E-state index in [-0.39, 0.29) is 12.1 Å². The Kier molecular flexibility index (Phi) is 5.31. The van der Waals surface area contributed by atoms with Crippen LogP contribution in [0.1, 0.15) is 22.3 Å². The second-order valence-electron chi connectivity index (χ2n) is 4.70. The van der Waals surface area contributed by atoms with E-state index in [0.717, 1.165) is 6.07 Å². The number of aromatic carboxylic acids is 1. The number of benzene rings is 1. The molecular formula is C13H15F3N2O3. The number of hydrogen-bond donors (Lipinski definition) is 2. The number of halogens is 3. The van der Waals surface area contributed by atoms with Crippen molar-refractivity contribution in [2.24, 2.45) is 0 Å². The average molecular weight is 304 g/mol. The molecule has 8 heteroatoms. The lowest BCUT2D eigenvalue weighted by atomic mass is 10.1. The van der Waals surface area contributed by atoms with E-state index in [1.807, 2.05) is 0 Å². The molecule has 0 radical (unpaired) electrons. The van der Waals surface area contributed by atoms with Crippen molar-refractivity contribution in [1.29, 1.82) is 0 Å². The summed E-state index contributed by atoms with van der Waals surface area (Å²) in [5, 5.41) is 11.1. The number of amides is 1. The summed E-state index contributed by atoms with van der Waals surface area (Å²) in [6, 6.07) is 2.23. The summed E-state index contributed by atoms with van der Waals surface area (Å²) in [4.78, 5) is 24.2. The van der Waals surface area contributed by atoms with E-state index in [1.54, 1.807) is 19.0 Å². The molecule has 0 heterocycles. The molecule has 0 bridgehead atoms. The largest absolute Gasteiger partial charge is 0.478 e. The first-order chi connectivity index (χ1) is 9.59. The van der Waals surface area contributed by atoms with Crippen LogP contribution in [0.15, 0.2) is 18.2 Å². The highest BCUT2D eigenvalue weighted by atomic mass is 19.4. The first-order valence-electron chi connectivity index (χ1n) is 6.00. The van der Waals surface area contributed by atoms with Crippen molar-refractivity contribution in [3.05, 3.63) is 29.3 Å². The van der Waals surface area contributed by atoms with Gasteiger partial charge in [0.1, 0.15) is 0 Å². The predicted molar refractivity (Wildman–Crippen MR) is 70.2 cm³/mol. The molecule has 116 valence electrons. The number of nitrogens with zero attached hydrogens (tertiary/aromatic N) is 1. The molecule has 0 aromatic heterocycles. The minimum atomic E-state index is -4.69. The molecule has 0 atom stereocenters. The van der Waals surface area contributed by atoms with Gasteiger partial charge in [-0.25, -0.2) is 4.79 Å². The van der Waals surface area contributed by atoms with Crippen LogP contribution in [0.4, 0.5) is 18.9 Å². The maximum atomic E-state index is 12.7. The van der Waals surface area contributed by atoms with E-state index in [2.05, 4.69) is 5.32 Å². The monoisotopic (exact) mass is 304 g/mol. The third-order valence-corrected chi connectivity index (χ3v) is 2.58. The highest BCUT2D eigenvalue weighted by molar-refractivity contribution is 5.94. The third kappa shape index (κ3) is 5.42. The summed E-state index contributed by atoms with van der Waals surface area (Å²) in [5.74, 6) is -1.98. The third-order valence-electron chi connectivity index (χ3n) is 2.58. The van der Waals surface area contributed by atoms with Gasteiger partial charge in [0.2, 0.25) is 5.91 Å². The van der Waals surface area contributed by atoms with Crippen molar-refractivity contribution in [3.63, 3.8) is 0 Å². The highest BCUT2D eigenvalue weighted by Crippen LogP contribution is 2.32. The number of hydrogen-bond acceptors (Lipinski definition) is 3. The van der Waals surface area contributed by atoms with Crippen molar-refractivity contribution in [2.45, 2.75) is 12.6 Å². The van der Waals surface area contributed by atoms with Gasteiger partial charge in [-0.2, -0.15) is 13.2 Å². The predicted octanol–water partition coefficient (Wildman–Crippen LogP) is 2.29. The minimum Gasteiger partial charge on any atom is -0.478 e. The molecule has 0 aliphatic carbocycles. The van der Waals surface area contributed by atoms with Crippen LogP contribution in [-0.2, 0) is 11.0 Å². The lowest BCUT2D eigenvalue weighted by molar-refractivity contribution is -0.137. The number of anilines is 1. The fourth-order valence-electron chi connectivity index (χ4n) is 1.54. The Labute approximate surface area is 119 Å². The van der Waals surface area contributed by atoms with Crippen molar-refractivity contribution >= 4 is 17.6 Å². The Morgan fingerprint density at radius 1 is 1.24 bits per heavy atom. The van der Waals surface area contributed by atoms with Gasteiger partial charge >= 0.3 is 12.1 Å². The SMILES string of the molecule is CN(C)CCC(=O)Nc1cc(C(=O)O)cc(C(F)(F)F)c1. The second kappa shape index (κ2) is 6.57. The Hall–Kier alpha value is -2.09. The van der Waals surface area contributed by atoms with Gasteiger partial charge in [-0.05, 0) is 32.3 Å². The number of alkyl halides is 3. The quantitative estimate of drug-likeness (QED) is 0.875. The molecule has 1 aromatic rings. The normalized spacial score (nSPS) is 11.5. The average Bonchev–Trinajstić information content (AvgIpc) is 2.34. The van der Waals surface area contributed by atoms with Crippen LogP contribution >= 0.6 is 0 Å². The van der Waals surface area contributed by atoms with Gasteiger partial charge in [0, 0.05) is 18.7 Å². The maximum absolute atomic E-state index is 12.7. The summed E-state index contributed by atoms with van der Waals surface area (Å²) in [6.45, 7) is 0.427. The Morgan fingerprint density at radius 2 is 1.86 bits per heavy atom. The van der Waals surface area contributed by atoms with Crippen molar-refractivity contribution < 1.29 is 27.9 Å². The van der Waals surface area contributed by atoms with E-state index in [1.165, 1.54) is 0 Å². The van der Waals surface area contributed by atoms with Gasteiger partial charge in [-0.1, -0.05) is 0 Å². The number of nitrogens with one attached hydrogen (secondary N) is 1. The van der Waals surface area contributed by atoms with Gasteiger partial charge in [0.15, 0.2) is 0 Å². The number of carbonyl (C=O) groups excluding carboxylic acids is 1. The number of carboxylic acid groups (broad SMARTS) is 1. The molecule has 1 aromatic carbocycles. The van der Waals surface area contributed by atoms with Gasteiger partial charge in [-0.3, -0.25) is 4.79 Å². The van der Waals surface area contributed by atoms with E-state index < -0.39 is 29.2 Å². The molecule has 0 saturated carbocycles. The molecule has 1 amide bonds. The zero-order chi connectivity index (χ0) is 16.2. The van der Waals surface area contributed by atoms with Gasteiger partial charge in [0.05, 0.1) is 11.1 Å². The van der Waals surface area contributed by atoms with Gasteiger partial charge in [0.25, 0.3) is 0 Å². The molecule has 2 N–H and O–H groups in total. The molecule has 5 nitrogen and oxygen atoms in total. The summed E-state index contributed by atoms with van der Waals surface area (Å²) < 4.78 is 38.1. The van der Waals surface area contributed by atoms with Gasteiger partial charge in [-0.15, -0.1) is 0 Å². The molecule has 21 heavy (non-hydrogen) atoms. The van der Waals surface area contributed by atoms with E-state index in [4.69, 9.17) is 5.11 Å². The van der Waals surface area contributed by atoms with Crippen LogP contribution in [0.3, 0.4) is 0 Å². The molecule has 0 aliphatic rings. The first-order valence-corrected chi connectivity index (χ1v) is 6.00. The summed E-state index contributed by atoms with van der Waals surface area (Å²) in [7, 11) is 3.50. The van der Waals surface area contributed by atoms with Crippen molar-refractivity contribution in [2.75, 3.05) is 26.0 Å². The minimum absolute atomic E-state index is 0.0889. The summed E-state index contributed by atoms with van der Waals surface area (Å²) in [6.07, 6.45) is -4.60. The molecule has 0 fully saturated rings. The van der Waals surface area contributed by atoms with Crippen LogP contribution in [0.2, 0.25) is 0 Å². The zero-order valence-electron chi connectivity index (χ0n) is 11.5. The van der Waals surface area contributed by atoms with Crippen LogP contribution in [0.25, 0.3) is 0 Å². The van der Waals surface area contributed by atoms with E-state index in [0.29, 0.717) is 18.7 Å². The Morgan fingerprint density at radius 3 is 2.33 bits per heavy atom. The standard InChI is InChI=1S/C13H15F3N2O3/c1-18(2)4-3-11(19)17-10-6-8(12(20)21)5-9(7-10)13(14,15)16/h5-7H,3-4H2,1-2H3,(H,17,19)(H,20,21). The Bertz CT molecular complexity index is 542. The highest BCUT2D eigenvalue weighted by Gasteiger charge is 2.32. The van der Waals surface area contributed by atoms with E-state index >= 15 is 0 Å². The molecule has 0 saturated heterocycles. The lowest BCUT2D eigenvalue weighted by Crippen LogP contribution is -2.21. The van der Waals surface area contributed by atoms with Crippen LogP contribution in [0, 0.1) is 0 Å². The van der Waals surface area contributed by atoms with Crippen LogP contribution in [0.5, 0.6) is 0 Å². The van der Waals surface area contributed by atoms with E-state index in [9.17, 15) is 22.8 Å². The van der Waals surface area contributed by atoms with Gasteiger partial charge < -0.3 is 15.3 Å². The molecular weight excluding hydrogens is 289 g/mol. The molecule has 0 aliphatic heterocycles. The van der Waals surface area contributed by atoms with Crippen LogP contribution < -0.4 is 5.32 Å². The summed E-state index contributed by atoms with van der Waals surface area (Å²) >= 11 is 0. The lowest BCUT2D eigenvalue weighted by Gasteiger charge is -2.13. The summed E-state index contributed by atoms with van der Waals surface area (Å²) in [5.41, 5.74) is -1.84. The number of rotatable bonds is 5. The fourth-order valence-corrected chi connectivity index (χ4v) is 1.54. The molecule has 1 rings (SSSR count). The van der Waals surface area contributed by atoms with Crippen molar-refractivity contribution in [3.8, 4) is 0 Å².